The molecule has 35 heavy (non-hydrogen) atoms. The van der Waals surface area contributed by atoms with Gasteiger partial charge >= 0.3 is 0 Å². The van der Waals surface area contributed by atoms with E-state index in [9.17, 15) is 4.79 Å². The molecule has 0 radical (unpaired) electrons. The van der Waals surface area contributed by atoms with E-state index in [0.29, 0.717) is 37.9 Å². The fraction of sp³-hybridized carbons (Fsp3) is 0.185. The van der Waals surface area contributed by atoms with Crippen LogP contribution in [0.2, 0.25) is 0 Å². The molecule has 2 aromatic heterocycles. The normalized spacial score (nSPS) is 12.3. The Morgan fingerprint density at radius 3 is 2.66 bits per heavy atom. The highest BCUT2D eigenvalue weighted by Crippen LogP contribution is 2.40. The molecule has 0 unspecified atom stereocenters. The maximum atomic E-state index is 11.4. The van der Waals surface area contributed by atoms with Gasteiger partial charge in [0.05, 0.1) is 12.8 Å². The molecule has 3 heterocycles. The number of aromatic amines is 1. The van der Waals surface area contributed by atoms with E-state index in [1.54, 1.807) is 19.4 Å². The van der Waals surface area contributed by atoms with Crippen molar-refractivity contribution in [2.24, 2.45) is 0 Å². The molecule has 0 aliphatic carbocycles. The van der Waals surface area contributed by atoms with Gasteiger partial charge in [-0.1, -0.05) is 18.2 Å². The topological polar surface area (TPSA) is 97.5 Å². The molecule has 0 spiro atoms. The van der Waals surface area contributed by atoms with Crippen molar-refractivity contribution >= 4 is 11.4 Å². The molecule has 5 rings (SSSR count). The molecule has 8 nitrogen and oxygen atoms in total. The summed E-state index contributed by atoms with van der Waals surface area (Å²) in [5, 5.41) is 6.77. The third-order valence-corrected chi connectivity index (χ3v) is 5.60. The highest BCUT2D eigenvalue weighted by atomic mass is 16.6. The number of nitrogens with one attached hydrogen (secondary N) is 3. The van der Waals surface area contributed by atoms with Gasteiger partial charge in [0.2, 0.25) is 11.4 Å². The highest BCUT2D eigenvalue weighted by molar-refractivity contribution is 5.74. The lowest BCUT2D eigenvalue weighted by molar-refractivity contribution is 0.172. The molecule has 0 bridgehead atoms. The van der Waals surface area contributed by atoms with E-state index in [-0.39, 0.29) is 5.56 Å². The number of hydrogen-bond donors (Lipinski definition) is 3. The lowest BCUT2D eigenvalue weighted by Gasteiger charge is -2.21. The predicted octanol–water partition coefficient (Wildman–Crippen LogP) is 4.25. The average molecular weight is 471 g/mol. The Morgan fingerprint density at radius 1 is 0.971 bits per heavy atom. The fourth-order valence-corrected chi connectivity index (χ4v) is 3.98. The first kappa shape index (κ1) is 22.5. The van der Waals surface area contributed by atoms with Gasteiger partial charge in [-0.2, -0.15) is 0 Å². The van der Waals surface area contributed by atoms with E-state index >= 15 is 0 Å². The molecular weight excluding hydrogens is 444 g/mol. The molecule has 178 valence electrons. The minimum absolute atomic E-state index is 0.0999. The number of nitrogens with zero attached hydrogens (tertiary/aromatic N) is 1. The molecule has 0 fully saturated rings. The largest absolute Gasteiger partial charge is 0.486 e. The molecular formula is C27H26N4O4. The molecule has 0 amide bonds. The number of methoxy groups -OCH3 is 1. The minimum atomic E-state index is -0.0999. The molecule has 0 atom stereocenters. The quantitative estimate of drug-likeness (QED) is 0.354. The van der Waals surface area contributed by atoms with Crippen LogP contribution >= 0.6 is 0 Å². The van der Waals surface area contributed by atoms with E-state index in [1.165, 1.54) is 0 Å². The summed E-state index contributed by atoms with van der Waals surface area (Å²) in [7, 11) is 1.60. The smallest absolute Gasteiger partial charge is 0.248 e. The summed E-state index contributed by atoms with van der Waals surface area (Å²) in [5.74, 6) is 1.91. The van der Waals surface area contributed by atoms with Gasteiger partial charge in [0, 0.05) is 36.6 Å². The zero-order valence-electron chi connectivity index (χ0n) is 19.3. The van der Waals surface area contributed by atoms with E-state index in [1.807, 2.05) is 48.5 Å². The van der Waals surface area contributed by atoms with Gasteiger partial charge in [-0.05, 0) is 53.6 Å². The van der Waals surface area contributed by atoms with E-state index in [4.69, 9.17) is 19.2 Å². The van der Waals surface area contributed by atoms with Crippen molar-refractivity contribution in [2.75, 3.05) is 25.6 Å². The van der Waals surface area contributed by atoms with Crippen molar-refractivity contribution in [1.82, 2.24) is 15.3 Å². The van der Waals surface area contributed by atoms with Crippen LogP contribution in [0, 0.1) is 0 Å². The monoisotopic (exact) mass is 470 g/mol. The van der Waals surface area contributed by atoms with Gasteiger partial charge < -0.3 is 29.8 Å². The summed E-state index contributed by atoms with van der Waals surface area (Å²) in [6, 6.07) is 21.3. The number of H-pyrrole nitrogens is 1. The first-order valence-corrected chi connectivity index (χ1v) is 11.4. The summed E-state index contributed by atoms with van der Waals surface area (Å²) in [6.45, 7) is 2.32. The first-order chi connectivity index (χ1) is 17.2. The molecule has 2 aromatic carbocycles. The first-order valence-electron chi connectivity index (χ1n) is 11.4. The van der Waals surface area contributed by atoms with Crippen LogP contribution in [-0.4, -0.2) is 30.3 Å². The summed E-state index contributed by atoms with van der Waals surface area (Å²) in [6.07, 6.45) is 1.66. The number of ether oxygens (including phenoxy) is 3. The Hall–Kier alpha value is -4.30. The summed E-state index contributed by atoms with van der Waals surface area (Å²) < 4.78 is 17.1. The summed E-state index contributed by atoms with van der Waals surface area (Å²) >= 11 is 0. The van der Waals surface area contributed by atoms with Crippen LogP contribution in [0.5, 0.6) is 17.4 Å². The molecule has 1 aliphatic heterocycles. The zero-order valence-corrected chi connectivity index (χ0v) is 19.3. The van der Waals surface area contributed by atoms with E-state index in [2.05, 4.69) is 27.8 Å². The number of aromatic nitrogens is 2. The zero-order chi connectivity index (χ0) is 24.0. The van der Waals surface area contributed by atoms with Gasteiger partial charge in [-0.15, -0.1) is 0 Å². The fourth-order valence-electron chi connectivity index (χ4n) is 3.98. The van der Waals surface area contributed by atoms with Crippen LogP contribution in [0.15, 0.2) is 77.7 Å². The van der Waals surface area contributed by atoms with Gasteiger partial charge in [-0.25, -0.2) is 4.98 Å². The van der Waals surface area contributed by atoms with Crippen LogP contribution in [0.4, 0.5) is 11.4 Å². The number of para-hydroxylation sites is 1. The molecule has 3 N–H and O–H groups in total. The van der Waals surface area contributed by atoms with Crippen molar-refractivity contribution in [3.05, 3.63) is 94.4 Å². The Bertz CT molecular complexity index is 1390. The van der Waals surface area contributed by atoms with Crippen molar-refractivity contribution in [3.63, 3.8) is 0 Å². The van der Waals surface area contributed by atoms with Crippen LogP contribution in [-0.2, 0) is 13.1 Å². The molecule has 0 saturated carbocycles. The number of anilines is 2. The third-order valence-electron chi connectivity index (χ3n) is 5.60. The van der Waals surface area contributed by atoms with Crippen LogP contribution < -0.4 is 30.4 Å². The maximum absolute atomic E-state index is 11.4. The second-order valence-corrected chi connectivity index (χ2v) is 8.07. The second-order valence-electron chi connectivity index (χ2n) is 8.07. The third kappa shape index (κ3) is 5.28. The van der Waals surface area contributed by atoms with Gasteiger partial charge in [0.25, 0.3) is 0 Å². The number of rotatable bonds is 8. The van der Waals surface area contributed by atoms with Crippen molar-refractivity contribution in [2.45, 2.75) is 13.1 Å². The van der Waals surface area contributed by atoms with Gasteiger partial charge in [-0.3, -0.25) is 4.79 Å². The minimum Gasteiger partial charge on any atom is -0.486 e. The highest BCUT2D eigenvalue weighted by Gasteiger charge is 2.18. The molecule has 1 aliphatic rings. The van der Waals surface area contributed by atoms with Gasteiger partial charge in [0.15, 0.2) is 11.5 Å². The number of pyridine rings is 2. The maximum Gasteiger partial charge on any atom is 0.248 e. The Balaban J connectivity index is 1.30. The molecule has 0 saturated heterocycles. The lowest BCUT2D eigenvalue weighted by Crippen LogP contribution is -2.16. The Kier molecular flexibility index (Phi) is 6.63. The Labute approximate surface area is 202 Å². The second kappa shape index (κ2) is 10.3. The van der Waals surface area contributed by atoms with Crippen molar-refractivity contribution in [1.29, 1.82) is 0 Å². The van der Waals surface area contributed by atoms with Gasteiger partial charge in [0.1, 0.15) is 18.9 Å². The van der Waals surface area contributed by atoms with Crippen molar-refractivity contribution < 1.29 is 14.2 Å². The number of hydrogen-bond acceptors (Lipinski definition) is 7. The average Bonchev–Trinajstić information content (AvgIpc) is 2.89. The van der Waals surface area contributed by atoms with Crippen LogP contribution in [0.1, 0.15) is 11.1 Å². The van der Waals surface area contributed by atoms with E-state index < -0.39 is 0 Å². The molecule has 8 heteroatoms. The van der Waals surface area contributed by atoms with Crippen LogP contribution in [0.3, 0.4) is 0 Å². The summed E-state index contributed by atoms with van der Waals surface area (Å²) in [5.41, 5.74) is 5.23. The van der Waals surface area contributed by atoms with E-state index in [0.717, 1.165) is 39.5 Å². The summed E-state index contributed by atoms with van der Waals surface area (Å²) in [4.78, 5) is 18.8. The van der Waals surface area contributed by atoms with Crippen molar-refractivity contribution in [3.8, 4) is 28.6 Å². The molecule has 4 aromatic rings. The SMILES string of the molecule is COc1nc(-c2cccc3c2OCCO3)ccc1Nc1cccc(CNCc2cc[nH]c(=O)c2)c1. The van der Waals surface area contributed by atoms with Crippen LogP contribution in [0.25, 0.3) is 11.3 Å². The number of fused-ring (bicyclic) bond motifs is 1. The lowest BCUT2D eigenvalue weighted by atomic mass is 10.1. The number of benzene rings is 2. The predicted molar refractivity (Wildman–Crippen MR) is 135 cm³/mol. The Morgan fingerprint density at radius 2 is 1.80 bits per heavy atom. The standard InChI is InChI=1S/C27H26N4O4/c1-33-27-23(9-8-22(31-27)21-6-3-7-24-26(21)35-13-12-34-24)30-20-5-2-4-18(14-20)16-28-17-19-10-11-29-25(32)15-19/h2-11,14-15,28,30H,12-13,16-17H2,1H3,(H,29,32).